The molecular formula is C22H24N4OS. The van der Waals surface area contributed by atoms with Crippen LogP contribution in [0.5, 0.6) is 0 Å². The Kier molecular flexibility index (Phi) is 3.78. The molecule has 0 aromatic carbocycles. The Labute approximate surface area is 168 Å². The van der Waals surface area contributed by atoms with Gasteiger partial charge in [0, 0.05) is 31.9 Å². The fourth-order valence-electron chi connectivity index (χ4n) is 4.18. The quantitative estimate of drug-likeness (QED) is 0.618. The molecule has 2 aliphatic rings. The molecule has 0 aliphatic heterocycles. The standard InChI is InChI=1S/C22H24N4OS/c1-5-14-10-16(25(3)4)17-18-19(28-20(17)24-14)21(27)26(12-23-18)15-7-6-8-22(2)11-13(22)9-15/h6,8-10,12-13H,5,7,11H2,1-4H3. The van der Waals surface area contributed by atoms with Gasteiger partial charge in [-0.25, -0.2) is 9.97 Å². The number of anilines is 1. The number of pyridine rings is 1. The van der Waals surface area contributed by atoms with E-state index in [1.807, 2.05) is 14.1 Å². The predicted octanol–water partition coefficient (Wildman–Crippen LogP) is 4.46. The van der Waals surface area contributed by atoms with Crippen molar-refractivity contribution >= 4 is 43.2 Å². The van der Waals surface area contributed by atoms with Crippen molar-refractivity contribution in [1.82, 2.24) is 14.5 Å². The number of nitrogens with zero attached hydrogens (tertiary/aromatic N) is 4. The molecule has 0 N–H and O–H groups in total. The highest BCUT2D eigenvalue weighted by molar-refractivity contribution is 7.25. The summed E-state index contributed by atoms with van der Waals surface area (Å²) in [5.74, 6) is 0.528. The number of rotatable bonds is 3. The predicted molar refractivity (Wildman–Crippen MR) is 117 cm³/mol. The van der Waals surface area contributed by atoms with E-state index < -0.39 is 0 Å². The molecule has 2 aliphatic carbocycles. The molecule has 5 rings (SSSR count). The maximum atomic E-state index is 13.4. The highest BCUT2D eigenvalue weighted by atomic mass is 32.1. The van der Waals surface area contributed by atoms with Crippen molar-refractivity contribution in [3.8, 4) is 0 Å². The molecule has 2 unspecified atom stereocenters. The normalized spacial score (nSPS) is 23.6. The average Bonchev–Trinajstić information content (AvgIpc) is 3.18. The summed E-state index contributed by atoms with van der Waals surface area (Å²) < 4.78 is 2.43. The Bertz CT molecular complexity index is 1230. The minimum Gasteiger partial charge on any atom is -0.377 e. The lowest BCUT2D eigenvalue weighted by atomic mass is 10.1. The van der Waals surface area contributed by atoms with E-state index in [9.17, 15) is 4.79 Å². The summed E-state index contributed by atoms with van der Waals surface area (Å²) in [7, 11) is 4.04. The highest BCUT2D eigenvalue weighted by Gasteiger charge is 2.47. The van der Waals surface area contributed by atoms with Crippen molar-refractivity contribution in [3.63, 3.8) is 0 Å². The van der Waals surface area contributed by atoms with Crippen molar-refractivity contribution in [1.29, 1.82) is 0 Å². The summed E-state index contributed by atoms with van der Waals surface area (Å²) in [5, 5.41) is 0.982. The van der Waals surface area contributed by atoms with Crippen LogP contribution < -0.4 is 10.5 Å². The Morgan fingerprint density at radius 2 is 2.21 bits per heavy atom. The third-order valence-corrected chi connectivity index (χ3v) is 7.16. The molecule has 0 spiro atoms. The van der Waals surface area contributed by atoms with Crippen molar-refractivity contribution in [2.45, 2.75) is 33.1 Å². The lowest BCUT2D eigenvalue weighted by Crippen LogP contribution is -2.19. The van der Waals surface area contributed by atoms with Crippen molar-refractivity contribution in [3.05, 3.63) is 46.7 Å². The zero-order chi connectivity index (χ0) is 19.6. The van der Waals surface area contributed by atoms with E-state index in [-0.39, 0.29) is 11.0 Å². The lowest BCUT2D eigenvalue weighted by molar-refractivity contribution is 0.698. The van der Waals surface area contributed by atoms with Crippen molar-refractivity contribution in [2.24, 2.45) is 11.3 Å². The van der Waals surface area contributed by atoms with Gasteiger partial charge in [0.2, 0.25) is 0 Å². The summed E-state index contributed by atoms with van der Waals surface area (Å²) in [6, 6.07) is 2.11. The molecule has 1 saturated carbocycles. The van der Waals surface area contributed by atoms with Crippen LogP contribution in [0.3, 0.4) is 0 Å². The van der Waals surface area contributed by atoms with Gasteiger partial charge in [0.05, 0.1) is 16.6 Å². The summed E-state index contributed by atoms with van der Waals surface area (Å²) in [6.45, 7) is 4.38. The molecule has 0 bridgehead atoms. The Morgan fingerprint density at radius 1 is 1.39 bits per heavy atom. The second-order valence-electron chi connectivity index (χ2n) is 8.34. The van der Waals surface area contributed by atoms with Gasteiger partial charge < -0.3 is 4.90 Å². The number of allylic oxidation sites excluding steroid dienone is 4. The average molecular weight is 393 g/mol. The van der Waals surface area contributed by atoms with E-state index in [1.165, 1.54) is 11.3 Å². The summed E-state index contributed by atoms with van der Waals surface area (Å²) >= 11 is 1.46. The molecule has 144 valence electrons. The molecule has 3 aromatic rings. The van der Waals surface area contributed by atoms with E-state index in [1.54, 1.807) is 10.9 Å². The number of aryl methyl sites for hydroxylation is 1. The molecule has 28 heavy (non-hydrogen) atoms. The summed E-state index contributed by atoms with van der Waals surface area (Å²) in [4.78, 5) is 25.9. The van der Waals surface area contributed by atoms with Crippen LogP contribution in [0.1, 0.15) is 32.4 Å². The second kappa shape index (κ2) is 6.01. The molecule has 1 fully saturated rings. The first-order valence-corrected chi connectivity index (χ1v) is 10.6. The Morgan fingerprint density at radius 3 is 2.96 bits per heavy atom. The highest BCUT2D eigenvalue weighted by Crippen LogP contribution is 2.56. The van der Waals surface area contributed by atoms with Gasteiger partial charge in [-0.3, -0.25) is 9.36 Å². The van der Waals surface area contributed by atoms with Crippen LogP contribution in [-0.4, -0.2) is 28.6 Å². The van der Waals surface area contributed by atoms with E-state index in [2.05, 4.69) is 43.0 Å². The van der Waals surface area contributed by atoms with Crippen LogP contribution in [0.2, 0.25) is 0 Å². The van der Waals surface area contributed by atoms with Gasteiger partial charge in [0.25, 0.3) is 5.56 Å². The van der Waals surface area contributed by atoms with E-state index in [0.29, 0.717) is 10.6 Å². The summed E-state index contributed by atoms with van der Waals surface area (Å²) in [5.41, 5.74) is 4.20. The molecule has 2 atom stereocenters. The van der Waals surface area contributed by atoms with Crippen LogP contribution in [0.4, 0.5) is 5.69 Å². The maximum absolute atomic E-state index is 13.4. The second-order valence-corrected chi connectivity index (χ2v) is 9.34. The third-order valence-electron chi connectivity index (χ3n) is 6.10. The topological polar surface area (TPSA) is 51.0 Å². The first kappa shape index (κ1) is 17.6. The molecule has 0 saturated heterocycles. The Balaban J connectivity index is 1.73. The van der Waals surface area contributed by atoms with Gasteiger partial charge in [0.1, 0.15) is 15.9 Å². The maximum Gasteiger partial charge on any atom is 0.275 e. The zero-order valence-electron chi connectivity index (χ0n) is 16.7. The first-order valence-electron chi connectivity index (χ1n) is 9.81. The smallest absolute Gasteiger partial charge is 0.275 e. The zero-order valence-corrected chi connectivity index (χ0v) is 17.5. The molecular weight excluding hydrogens is 368 g/mol. The summed E-state index contributed by atoms with van der Waals surface area (Å²) in [6.07, 6.45) is 11.3. The van der Waals surface area contributed by atoms with E-state index in [0.717, 1.165) is 52.1 Å². The third kappa shape index (κ3) is 2.54. The molecule has 0 radical (unpaired) electrons. The number of aromatic nitrogens is 3. The monoisotopic (exact) mass is 392 g/mol. The van der Waals surface area contributed by atoms with Crippen LogP contribution in [0.15, 0.2) is 35.4 Å². The minimum atomic E-state index is 0.0136. The SMILES string of the molecule is CCc1cc(N(C)C)c2c(n1)sc1c(=O)n(C3=CC4CC4(C)C=CC3)cnc12. The van der Waals surface area contributed by atoms with Gasteiger partial charge in [-0.15, -0.1) is 11.3 Å². The van der Waals surface area contributed by atoms with Gasteiger partial charge in [-0.05, 0) is 30.2 Å². The van der Waals surface area contributed by atoms with Gasteiger partial charge in [0.15, 0.2) is 0 Å². The van der Waals surface area contributed by atoms with Gasteiger partial charge >= 0.3 is 0 Å². The fourth-order valence-corrected chi connectivity index (χ4v) is 5.28. The molecule has 6 heteroatoms. The van der Waals surface area contributed by atoms with Crippen molar-refractivity contribution < 1.29 is 0 Å². The van der Waals surface area contributed by atoms with Crippen LogP contribution >= 0.6 is 11.3 Å². The molecule has 0 amide bonds. The van der Waals surface area contributed by atoms with E-state index >= 15 is 0 Å². The largest absolute Gasteiger partial charge is 0.377 e. The number of fused-ring (bicyclic) bond motifs is 4. The van der Waals surface area contributed by atoms with Gasteiger partial charge in [-0.1, -0.05) is 32.1 Å². The van der Waals surface area contributed by atoms with Crippen LogP contribution in [0, 0.1) is 11.3 Å². The molecule has 5 nitrogen and oxygen atoms in total. The number of hydrogen-bond acceptors (Lipinski definition) is 5. The fraction of sp³-hybridized carbons (Fsp3) is 0.409. The van der Waals surface area contributed by atoms with Crippen LogP contribution in [-0.2, 0) is 6.42 Å². The van der Waals surface area contributed by atoms with E-state index in [4.69, 9.17) is 9.97 Å². The van der Waals surface area contributed by atoms with Crippen LogP contribution in [0.25, 0.3) is 26.1 Å². The minimum absolute atomic E-state index is 0.0136. The Hall–Kier alpha value is -2.47. The van der Waals surface area contributed by atoms with Gasteiger partial charge in [-0.2, -0.15) is 0 Å². The van der Waals surface area contributed by atoms with Crippen molar-refractivity contribution in [2.75, 3.05) is 19.0 Å². The lowest BCUT2D eigenvalue weighted by Gasteiger charge is -2.15. The molecule has 3 heterocycles. The number of hydrogen-bond donors (Lipinski definition) is 0. The molecule has 3 aromatic heterocycles. The first-order chi connectivity index (χ1) is 13.4. The number of thiophene rings is 1.